The van der Waals surface area contributed by atoms with Gasteiger partial charge in [-0.2, -0.15) is 0 Å². The molecule has 0 unspecified atom stereocenters. The summed E-state index contributed by atoms with van der Waals surface area (Å²) in [5.74, 6) is 2.01. The number of halogens is 1. The molecule has 23 heavy (non-hydrogen) atoms. The predicted molar refractivity (Wildman–Crippen MR) is 89.5 cm³/mol. The molecule has 0 N–H and O–H groups in total. The van der Waals surface area contributed by atoms with E-state index in [2.05, 4.69) is 6.92 Å². The third-order valence-electron chi connectivity index (χ3n) is 5.59. The maximum atomic E-state index is 13.0. The standard InChI is InChI=1S/C20H29FO2/c1-2-3-4-15-5-7-16(8-6-15)18-13-22-20(23-14-18)17-9-11-19(21)12-10-17/h9-12,15-16,18,20H,2-8,13-14H2,1H3. The summed E-state index contributed by atoms with van der Waals surface area (Å²) < 4.78 is 24.8. The molecule has 1 heterocycles. The first-order valence-electron chi connectivity index (χ1n) is 9.25. The average molecular weight is 320 g/mol. The first kappa shape index (κ1) is 16.9. The molecule has 0 atom stereocenters. The Labute approximate surface area is 139 Å². The number of ether oxygens (including phenoxy) is 2. The molecule has 1 saturated heterocycles. The van der Waals surface area contributed by atoms with Gasteiger partial charge in [-0.05, 0) is 36.8 Å². The molecule has 0 aromatic heterocycles. The number of unbranched alkanes of at least 4 members (excludes halogenated alkanes) is 1. The Morgan fingerprint density at radius 3 is 2.22 bits per heavy atom. The lowest BCUT2D eigenvalue weighted by molar-refractivity contribution is -0.214. The van der Waals surface area contributed by atoms with E-state index in [1.807, 2.05) is 0 Å². The van der Waals surface area contributed by atoms with Crippen molar-refractivity contribution in [3.8, 4) is 0 Å². The van der Waals surface area contributed by atoms with E-state index in [-0.39, 0.29) is 12.1 Å². The van der Waals surface area contributed by atoms with E-state index in [1.54, 1.807) is 12.1 Å². The first-order valence-corrected chi connectivity index (χ1v) is 9.25. The van der Waals surface area contributed by atoms with Crippen molar-refractivity contribution in [3.05, 3.63) is 35.6 Å². The predicted octanol–water partition coefficient (Wildman–Crippen LogP) is 5.48. The maximum Gasteiger partial charge on any atom is 0.183 e. The minimum Gasteiger partial charge on any atom is -0.348 e. The van der Waals surface area contributed by atoms with E-state index in [1.165, 1.54) is 57.1 Å². The minimum atomic E-state index is -0.326. The highest BCUT2D eigenvalue weighted by atomic mass is 19.1. The summed E-state index contributed by atoms with van der Waals surface area (Å²) in [5, 5.41) is 0. The lowest BCUT2D eigenvalue weighted by atomic mass is 9.75. The van der Waals surface area contributed by atoms with Gasteiger partial charge in [0.25, 0.3) is 0 Å². The Balaban J connectivity index is 1.43. The van der Waals surface area contributed by atoms with Gasteiger partial charge < -0.3 is 9.47 Å². The summed E-state index contributed by atoms with van der Waals surface area (Å²) in [5.41, 5.74) is 0.910. The second-order valence-electron chi connectivity index (χ2n) is 7.23. The number of hydrogen-bond acceptors (Lipinski definition) is 2. The van der Waals surface area contributed by atoms with Gasteiger partial charge in [0.1, 0.15) is 5.82 Å². The molecular weight excluding hydrogens is 291 g/mol. The molecule has 2 aliphatic rings. The summed E-state index contributed by atoms with van der Waals surface area (Å²) in [6.07, 6.45) is 9.19. The van der Waals surface area contributed by atoms with Crippen LogP contribution < -0.4 is 0 Å². The van der Waals surface area contributed by atoms with Crippen molar-refractivity contribution in [1.29, 1.82) is 0 Å². The quantitative estimate of drug-likeness (QED) is 0.715. The van der Waals surface area contributed by atoms with Crippen LogP contribution in [0.4, 0.5) is 4.39 Å². The highest BCUT2D eigenvalue weighted by molar-refractivity contribution is 5.17. The van der Waals surface area contributed by atoms with Crippen LogP contribution >= 0.6 is 0 Å². The highest BCUT2D eigenvalue weighted by Crippen LogP contribution is 2.38. The molecule has 0 amide bonds. The maximum absolute atomic E-state index is 13.0. The summed E-state index contributed by atoms with van der Waals surface area (Å²) in [7, 11) is 0. The lowest BCUT2D eigenvalue weighted by Crippen LogP contribution is -2.34. The van der Waals surface area contributed by atoms with E-state index in [0.717, 1.165) is 30.6 Å². The van der Waals surface area contributed by atoms with Crippen LogP contribution in [0.1, 0.15) is 63.7 Å². The average Bonchev–Trinajstić information content (AvgIpc) is 2.61. The van der Waals surface area contributed by atoms with Crippen molar-refractivity contribution < 1.29 is 13.9 Å². The second-order valence-corrected chi connectivity index (χ2v) is 7.23. The molecule has 128 valence electrons. The van der Waals surface area contributed by atoms with Crippen molar-refractivity contribution in [2.45, 2.75) is 58.2 Å². The Morgan fingerprint density at radius 2 is 1.61 bits per heavy atom. The molecule has 1 saturated carbocycles. The Hall–Kier alpha value is -0.930. The molecule has 1 aromatic rings. The van der Waals surface area contributed by atoms with Crippen molar-refractivity contribution in [2.24, 2.45) is 17.8 Å². The SMILES string of the molecule is CCCCC1CCC(C2COC(c3ccc(F)cc3)OC2)CC1. The third kappa shape index (κ3) is 4.54. The van der Waals surface area contributed by atoms with Gasteiger partial charge in [-0.15, -0.1) is 0 Å². The monoisotopic (exact) mass is 320 g/mol. The van der Waals surface area contributed by atoms with Gasteiger partial charge in [-0.25, -0.2) is 4.39 Å². The zero-order valence-corrected chi connectivity index (χ0v) is 14.2. The number of rotatable bonds is 5. The molecule has 1 aliphatic heterocycles. The van der Waals surface area contributed by atoms with Gasteiger partial charge in [0.05, 0.1) is 13.2 Å². The molecule has 3 rings (SSSR count). The largest absolute Gasteiger partial charge is 0.348 e. The highest BCUT2D eigenvalue weighted by Gasteiger charge is 2.32. The van der Waals surface area contributed by atoms with E-state index in [4.69, 9.17) is 9.47 Å². The van der Waals surface area contributed by atoms with E-state index < -0.39 is 0 Å². The fraction of sp³-hybridized carbons (Fsp3) is 0.700. The summed E-state index contributed by atoms with van der Waals surface area (Å²) in [6.45, 7) is 3.82. The van der Waals surface area contributed by atoms with Crippen molar-refractivity contribution >= 4 is 0 Å². The zero-order valence-electron chi connectivity index (χ0n) is 14.2. The van der Waals surface area contributed by atoms with Gasteiger partial charge in [0.2, 0.25) is 0 Å². The lowest BCUT2D eigenvalue weighted by Gasteiger charge is -2.37. The van der Waals surface area contributed by atoms with Crippen molar-refractivity contribution in [1.82, 2.24) is 0 Å². The molecule has 0 bridgehead atoms. The topological polar surface area (TPSA) is 18.5 Å². The van der Waals surface area contributed by atoms with E-state index >= 15 is 0 Å². The Kier molecular flexibility index (Phi) is 6.07. The van der Waals surface area contributed by atoms with Gasteiger partial charge in [0, 0.05) is 11.5 Å². The zero-order chi connectivity index (χ0) is 16.1. The van der Waals surface area contributed by atoms with Crippen LogP contribution in [0.3, 0.4) is 0 Å². The first-order chi connectivity index (χ1) is 11.3. The molecule has 1 aliphatic carbocycles. The van der Waals surface area contributed by atoms with Gasteiger partial charge in [0.15, 0.2) is 6.29 Å². The van der Waals surface area contributed by atoms with Crippen LogP contribution in [0.25, 0.3) is 0 Å². The second kappa shape index (κ2) is 8.25. The molecule has 0 radical (unpaired) electrons. The molecule has 1 aromatic carbocycles. The number of hydrogen-bond donors (Lipinski definition) is 0. The fourth-order valence-corrected chi connectivity index (χ4v) is 4.04. The minimum absolute atomic E-state index is 0.220. The van der Waals surface area contributed by atoms with Crippen LogP contribution in [0.15, 0.2) is 24.3 Å². The van der Waals surface area contributed by atoms with Crippen molar-refractivity contribution in [2.75, 3.05) is 13.2 Å². The van der Waals surface area contributed by atoms with Crippen LogP contribution in [-0.2, 0) is 9.47 Å². The third-order valence-corrected chi connectivity index (χ3v) is 5.59. The van der Waals surface area contributed by atoms with Crippen LogP contribution in [-0.4, -0.2) is 13.2 Å². The Morgan fingerprint density at radius 1 is 0.957 bits per heavy atom. The summed E-state index contributed by atoms with van der Waals surface area (Å²) in [6, 6.07) is 6.43. The van der Waals surface area contributed by atoms with Crippen molar-refractivity contribution in [3.63, 3.8) is 0 Å². The van der Waals surface area contributed by atoms with Gasteiger partial charge >= 0.3 is 0 Å². The van der Waals surface area contributed by atoms with E-state index in [0.29, 0.717) is 5.92 Å². The molecule has 3 heteroatoms. The molecule has 2 nitrogen and oxygen atoms in total. The van der Waals surface area contributed by atoms with Crippen LogP contribution in [0.5, 0.6) is 0 Å². The van der Waals surface area contributed by atoms with Crippen LogP contribution in [0, 0.1) is 23.6 Å². The number of benzene rings is 1. The summed E-state index contributed by atoms with van der Waals surface area (Å²) >= 11 is 0. The smallest absolute Gasteiger partial charge is 0.183 e. The van der Waals surface area contributed by atoms with E-state index in [9.17, 15) is 4.39 Å². The van der Waals surface area contributed by atoms with Gasteiger partial charge in [-0.1, -0.05) is 51.2 Å². The van der Waals surface area contributed by atoms with Gasteiger partial charge in [-0.3, -0.25) is 0 Å². The summed E-state index contributed by atoms with van der Waals surface area (Å²) in [4.78, 5) is 0. The molecular formula is C20H29FO2. The molecule has 0 spiro atoms. The normalized spacial score (nSPS) is 31.9. The Bertz CT molecular complexity index is 457. The van der Waals surface area contributed by atoms with Crippen LogP contribution in [0.2, 0.25) is 0 Å². The molecule has 2 fully saturated rings. The fourth-order valence-electron chi connectivity index (χ4n) is 4.04.